The van der Waals surface area contributed by atoms with E-state index in [2.05, 4.69) is 4.98 Å². The molecule has 0 atom stereocenters. The lowest BCUT2D eigenvalue weighted by Crippen LogP contribution is -2.08. The van der Waals surface area contributed by atoms with Crippen molar-refractivity contribution in [3.63, 3.8) is 0 Å². The van der Waals surface area contributed by atoms with Crippen LogP contribution in [-0.4, -0.2) is 15.8 Å². The van der Waals surface area contributed by atoms with E-state index >= 15 is 0 Å². The predicted octanol–water partition coefficient (Wildman–Crippen LogP) is 5.19. The highest BCUT2D eigenvalue weighted by atomic mass is 32.1. The summed E-state index contributed by atoms with van der Waals surface area (Å²) in [6.45, 7) is 0. The summed E-state index contributed by atoms with van der Waals surface area (Å²) in [5.41, 5.74) is 11.7. The van der Waals surface area contributed by atoms with Gasteiger partial charge in [-0.25, -0.2) is 9.37 Å². The average Bonchev–Trinajstić information content (AvgIpc) is 3.08. The molecule has 144 valence electrons. The Morgan fingerprint density at radius 1 is 1.10 bits per heavy atom. The van der Waals surface area contributed by atoms with E-state index in [1.54, 1.807) is 6.20 Å². The molecule has 5 rings (SSSR count). The number of ketones is 1. The number of aromatic nitrogens is 2. The van der Waals surface area contributed by atoms with Crippen molar-refractivity contribution in [2.75, 3.05) is 5.73 Å². The van der Waals surface area contributed by atoms with Crippen LogP contribution in [0.2, 0.25) is 0 Å². The van der Waals surface area contributed by atoms with E-state index in [4.69, 9.17) is 10.7 Å². The zero-order valence-electron chi connectivity index (χ0n) is 15.6. The molecule has 3 heterocycles. The summed E-state index contributed by atoms with van der Waals surface area (Å²) in [5, 5.41) is 0.828. The minimum Gasteiger partial charge on any atom is -0.397 e. The van der Waals surface area contributed by atoms with Gasteiger partial charge in [-0.15, -0.1) is 11.3 Å². The van der Waals surface area contributed by atoms with Crippen LogP contribution in [0.5, 0.6) is 0 Å². The van der Waals surface area contributed by atoms with E-state index in [-0.39, 0.29) is 11.6 Å². The van der Waals surface area contributed by atoms with Crippen LogP contribution in [0.3, 0.4) is 0 Å². The van der Waals surface area contributed by atoms with Gasteiger partial charge in [-0.05, 0) is 61.6 Å². The quantitative estimate of drug-likeness (QED) is 0.478. The number of aryl methyl sites for hydroxylation is 1. The minimum absolute atomic E-state index is 0.208. The van der Waals surface area contributed by atoms with Gasteiger partial charge in [0.15, 0.2) is 0 Å². The van der Waals surface area contributed by atoms with Crippen LogP contribution in [0.4, 0.5) is 10.1 Å². The Balaban J connectivity index is 1.76. The highest BCUT2D eigenvalue weighted by Gasteiger charge is 2.26. The molecule has 0 spiro atoms. The number of benzene rings is 1. The van der Waals surface area contributed by atoms with Crippen LogP contribution in [0.1, 0.15) is 39.3 Å². The van der Waals surface area contributed by atoms with Crippen LogP contribution < -0.4 is 5.73 Å². The Labute approximate surface area is 171 Å². The second-order valence-corrected chi connectivity index (χ2v) is 8.22. The third-order valence-electron chi connectivity index (χ3n) is 5.42. The molecular formula is C23H18FN3OS. The molecule has 0 fully saturated rings. The van der Waals surface area contributed by atoms with Crippen LogP contribution in [-0.2, 0) is 12.8 Å². The first-order chi connectivity index (χ1) is 14.1. The van der Waals surface area contributed by atoms with Gasteiger partial charge in [0.25, 0.3) is 0 Å². The first kappa shape index (κ1) is 17.9. The van der Waals surface area contributed by atoms with E-state index in [9.17, 15) is 9.18 Å². The first-order valence-electron chi connectivity index (χ1n) is 9.58. The van der Waals surface area contributed by atoms with Crippen molar-refractivity contribution in [2.24, 2.45) is 0 Å². The summed E-state index contributed by atoms with van der Waals surface area (Å²) < 4.78 is 13.3. The van der Waals surface area contributed by atoms with E-state index in [0.29, 0.717) is 16.1 Å². The summed E-state index contributed by atoms with van der Waals surface area (Å²) >= 11 is 1.31. The molecule has 0 amide bonds. The van der Waals surface area contributed by atoms with Crippen molar-refractivity contribution in [3.05, 3.63) is 76.3 Å². The van der Waals surface area contributed by atoms with Gasteiger partial charge in [0.1, 0.15) is 15.5 Å². The van der Waals surface area contributed by atoms with Crippen molar-refractivity contribution < 1.29 is 9.18 Å². The number of rotatable bonds is 3. The lowest BCUT2D eigenvalue weighted by molar-refractivity contribution is 0.104. The molecule has 6 heteroatoms. The van der Waals surface area contributed by atoms with Crippen molar-refractivity contribution in [3.8, 4) is 11.1 Å². The molecule has 1 aliphatic rings. The molecule has 0 unspecified atom stereocenters. The Morgan fingerprint density at radius 2 is 1.90 bits per heavy atom. The summed E-state index contributed by atoms with van der Waals surface area (Å²) in [4.78, 5) is 23.5. The van der Waals surface area contributed by atoms with Gasteiger partial charge in [-0.2, -0.15) is 0 Å². The summed E-state index contributed by atoms with van der Waals surface area (Å²) in [7, 11) is 0. The maximum absolute atomic E-state index is 13.3. The van der Waals surface area contributed by atoms with Crippen molar-refractivity contribution >= 4 is 33.0 Å². The lowest BCUT2D eigenvalue weighted by atomic mass is 9.88. The Kier molecular flexibility index (Phi) is 4.36. The van der Waals surface area contributed by atoms with Crippen LogP contribution >= 0.6 is 11.3 Å². The maximum Gasteiger partial charge on any atom is 0.205 e. The molecule has 4 aromatic rings. The number of fused-ring (bicyclic) bond motifs is 2. The molecule has 0 bridgehead atoms. The molecule has 0 saturated heterocycles. The lowest BCUT2D eigenvalue weighted by Gasteiger charge is -2.20. The second kappa shape index (κ2) is 7.04. The number of pyridine rings is 2. The number of thiophene rings is 1. The molecular weight excluding hydrogens is 385 g/mol. The van der Waals surface area contributed by atoms with Gasteiger partial charge in [0, 0.05) is 40.2 Å². The number of nitrogen functional groups attached to an aromatic ring is 1. The molecule has 3 aromatic heterocycles. The van der Waals surface area contributed by atoms with Gasteiger partial charge in [-0.3, -0.25) is 9.78 Å². The summed E-state index contributed by atoms with van der Waals surface area (Å²) in [6.07, 6.45) is 7.67. The molecule has 0 saturated carbocycles. The van der Waals surface area contributed by atoms with Crippen LogP contribution in [0.25, 0.3) is 21.3 Å². The molecule has 29 heavy (non-hydrogen) atoms. The topological polar surface area (TPSA) is 68.9 Å². The van der Waals surface area contributed by atoms with E-state index in [0.717, 1.165) is 52.7 Å². The normalized spacial score (nSPS) is 13.4. The first-order valence-corrected chi connectivity index (χ1v) is 10.4. The Morgan fingerprint density at radius 3 is 2.66 bits per heavy atom. The van der Waals surface area contributed by atoms with Gasteiger partial charge < -0.3 is 5.73 Å². The fraction of sp³-hybridized carbons (Fsp3) is 0.174. The fourth-order valence-corrected chi connectivity index (χ4v) is 5.12. The monoisotopic (exact) mass is 403 g/mol. The SMILES string of the molecule is Nc1c(C(=O)c2ccc(F)cc2)sc2nc3c(c(-c4cccnc4)c12)CCCC3. The standard InChI is InChI=1S/C23H18FN3OS/c24-15-9-7-13(8-10-15)21(28)22-20(25)19-18(14-4-3-11-26-12-14)16-5-1-2-6-17(16)27-23(19)29-22/h3-4,7-12H,1-2,5-6,25H2. The van der Waals surface area contributed by atoms with Crippen LogP contribution in [0.15, 0.2) is 48.8 Å². The summed E-state index contributed by atoms with van der Waals surface area (Å²) in [5.74, 6) is -0.584. The minimum atomic E-state index is -0.376. The molecule has 0 radical (unpaired) electrons. The van der Waals surface area contributed by atoms with Crippen LogP contribution in [0, 0.1) is 5.82 Å². The number of halogens is 1. The van der Waals surface area contributed by atoms with Gasteiger partial charge in [0.2, 0.25) is 5.78 Å². The third-order valence-corrected chi connectivity index (χ3v) is 6.51. The number of carbonyl (C=O) groups is 1. The average molecular weight is 403 g/mol. The van der Waals surface area contributed by atoms with Gasteiger partial charge >= 0.3 is 0 Å². The number of hydrogen-bond donors (Lipinski definition) is 1. The number of nitrogens with two attached hydrogens (primary N) is 1. The van der Waals surface area contributed by atoms with E-state index in [1.807, 2.05) is 18.3 Å². The second-order valence-electron chi connectivity index (χ2n) is 7.22. The van der Waals surface area contributed by atoms with Crippen molar-refractivity contribution in [1.82, 2.24) is 9.97 Å². The highest BCUT2D eigenvalue weighted by Crippen LogP contribution is 2.44. The van der Waals surface area contributed by atoms with Crippen molar-refractivity contribution in [1.29, 1.82) is 0 Å². The largest absolute Gasteiger partial charge is 0.397 e. The number of anilines is 1. The predicted molar refractivity (Wildman–Crippen MR) is 114 cm³/mol. The van der Waals surface area contributed by atoms with E-state index in [1.165, 1.54) is 41.2 Å². The summed E-state index contributed by atoms with van der Waals surface area (Å²) in [6, 6.07) is 9.48. The number of nitrogens with zero attached hydrogens (tertiary/aromatic N) is 2. The molecule has 2 N–H and O–H groups in total. The Bertz CT molecular complexity index is 1230. The molecule has 1 aromatic carbocycles. The van der Waals surface area contributed by atoms with Gasteiger partial charge in [-0.1, -0.05) is 6.07 Å². The van der Waals surface area contributed by atoms with Crippen molar-refractivity contribution in [2.45, 2.75) is 25.7 Å². The fourth-order valence-electron chi connectivity index (χ4n) is 4.04. The molecule has 4 nitrogen and oxygen atoms in total. The smallest absolute Gasteiger partial charge is 0.205 e. The van der Waals surface area contributed by atoms with E-state index < -0.39 is 0 Å². The molecule has 1 aliphatic carbocycles. The Hall–Kier alpha value is -3.12. The molecule has 0 aliphatic heterocycles. The number of carbonyl (C=O) groups excluding carboxylic acids is 1. The zero-order valence-corrected chi connectivity index (χ0v) is 16.4. The zero-order chi connectivity index (χ0) is 20.0. The highest BCUT2D eigenvalue weighted by molar-refractivity contribution is 7.21. The maximum atomic E-state index is 13.3. The van der Waals surface area contributed by atoms with Gasteiger partial charge in [0.05, 0.1) is 5.69 Å². The number of hydrogen-bond acceptors (Lipinski definition) is 5. The third kappa shape index (κ3) is 3.00.